The van der Waals surface area contributed by atoms with Crippen molar-refractivity contribution in [3.8, 4) is 0 Å². The van der Waals surface area contributed by atoms with E-state index in [4.69, 9.17) is 5.73 Å². The smallest absolute Gasteiger partial charge is 0.125 e. The molecule has 100 valence electrons. The van der Waals surface area contributed by atoms with E-state index >= 15 is 0 Å². The molecule has 0 fully saturated rings. The number of rotatable bonds is 4. The van der Waals surface area contributed by atoms with Crippen LogP contribution < -0.4 is 16.4 Å². The molecule has 0 amide bonds. The first kappa shape index (κ1) is 13.0. The summed E-state index contributed by atoms with van der Waals surface area (Å²) in [5.41, 5.74) is 8.50. The predicted molar refractivity (Wildman–Crippen MR) is 74.9 cm³/mol. The summed E-state index contributed by atoms with van der Waals surface area (Å²) < 4.78 is 0. The molecule has 0 aromatic carbocycles. The summed E-state index contributed by atoms with van der Waals surface area (Å²) in [6, 6.07) is 1.83. The van der Waals surface area contributed by atoms with Gasteiger partial charge in [-0.15, -0.1) is 0 Å². The molecule has 2 rings (SSSR count). The fourth-order valence-electron chi connectivity index (χ4n) is 2.13. The monoisotopic (exact) mass is 250 g/mol. The minimum atomic E-state index is -0.333. The van der Waals surface area contributed by atoms with Crippen molar-refractivity contribution in [3.05, 3.63) is 11.8 Å². The Bertz CT molecular complexity index is 429. The normalized spacial score (nSPS) is 17.5. The van der Waals surface area contributed by atoms with Crippen LogP contribution in [0.3, 0.4) is 0 Å². The van der Waals surface area contributed by atoms with Crippen LogP contribution in [0.25, 0.3) is 0 Å². The van der Waals surface area contributed by atoms with E-state index in [2.05, 4.69) is 15.6 Å². The zero-order chi connectivity index (χ0) is 13.2. The number of nitrogens with two attached hydrogens (primary N) is 1. The number of nitrogens with zero attached hydrogens (tertiary/aromatic N) is 1. The Morgan fingerprint density at radius 3 is 3.06 bits per heavy atom. The lowest BCUT2D eigenvalue weighted by molar-refractivity contribution is 0.219. The maximum absolute atomic E-state index is 9.49. The SMILES string of the molecule is CC[C@](C)(CO)Nc1cc(N)nc2c1NCCC2. The number of aliphatic hydroxyl groups excluding tert-OH is 1. The average Bonchev–Trinajstić information content (AvgIpc) is 2.38. The Balaban J connectivity index is 2.35. The van der Waals surface area contributed by atoms with Crippen molar-refractivity contribution >= 4 is 17.2 Å². The van der Waals surface area contributed by atoms with Gasteiger partial charge in [0.25, 0.3) is 0 Å². The lowest BCUT2D eigenvalue weighted by Crippen LogP contribution is -2.38. The zero-order valence-electron chi connectivity index (χ0n) is 11.1. The Morgan fingerprint density at radius 2 is 2.39 bits per heavy atom. The summed E-state index contributed by atoms with van der Waals surface area (Å²) in [5, 5.41) is 16.2. The molecule has 0 aliphatic carbocycles. The molecule has 0 radical (unpaired) electrons. The minimum Gasteiger partial charge on any atom is -0.394 e. The Labute approximate surface area is 108 Å². The maximum Gasteiger partial charge on any atom is 0.125 e. The van der Waals surface area contributed by atoms with Crippen LogP contribution in [0.2, 0.25) is 0 Å². The first-order chi connectivity index (χ1) is 8.58. The molecule has 5 nitrogen and oxygen atoms in total. The van der Waals surface area contributed by atoms with Gasteiger partial charge in [-0.2, -0.15) is 0 Å². The molecule has 1 aliphatic rings. The van der Waals surface area contributed by atoms with Crippen molar-refractivity contribution in [1.29, 1.82) is 0 Å². The lowest BCUT2D eigenvalue weighted by Gasteiger charge is -2.31. The number of anilines is 3. The van der Waals surface area contributed by atoms with Gasteiger partial charge in [-0.25, -0.2) is 4.98 Å². The van der Waals surface area contributed by atoms with Crippen LogP contribution in [0.1, 0.15) is 32.4 Å². The summed E-state index contributed by atoms with van der Waals surface area (Å²) in [7, 11) is 0. The van der Waals surface area contributed by atoms with Crippen LogP contribution in [0.15, 0.2) is 6.07 Å². The number of pyridine rings is 1. The number of aromatic nitrogens is 1. The highest BCUT2D eigenvalue weighted by atomic mass is 16.3. The van der Waals surface area contributed by atoms with Crippen molar-refractivity contribution in [1.82, 2.24) is 4.98 Å². The highest BCUT2D eigenvalue weighted by molar-refractivity contribution is 5.75. The summed E-state index contributed by atoms with van der Waals surface area (Å²) in [6.45, 7) is 5.09. The molecular weight excluding hydrogens is 228 g/mol. The van der Waals surface area contributed by atoms with Crippen molar-refractivity contribution < 1.29 is 5.11 Å². The molecule has 0 bridgehead atoms. The van der Waals surface area contributed by atoms with Gasteiger partial charge < -0.3 is 21.5 Å². The topological polar surface area (TPSA) is 83.2 Å². The van der Waals surface area contributed by atoms with E-state index in [-0.39, 0.29) is 12.1 Å². The standard InChI is InChI=1S/C13H22N4O/c1-3-13(2,8-18)17-10-7-11(14)16-9-5-4-6-15-12(9)10/h7,15,18H,3-6,8H2,1-2H3,(H3,14,16,17)/t13-/m1/s1. The van der Waals surface area contributed by atoms with E-state index < -0.39 is 0 Å². The van der Waals surface area contributed by atoms with Gasteiger partial charge in [0.2, 0.25) is 0 Å². The van der Waals surface area contributed by atoms with Gasteiger partial charge in [0.05, 0.1) is 29.2 Å². The van der Waals surface area contributed by atoms with E-state index in [1.807, 2.05) is 19.9 Å². The van der Waals surface area contributed by atoms with Gasteiger partial charge in [-0.3, -0.25) is 0 Å². The molecular formula is C13H22N4O. The van der Waals surface area contributed by atoms with Crippen LogP contribution >= 0.6 is 0 Å². The van der Waals surface area contributed by atoms with Crippen LogP contribution in [0, 0.1) is 0 Å². The summed E-state index contributed by atoms with van der Waals surface area (Å²) in [5.74, 6) is 0.524. The van der Waals surface area contributed by atoms with Gasteiger partial charge in [-0.05, 0) is 26.2 Å². The lowest BCUT2D eigenvalue weighted by atomic mass is 9.99. The van der Waals surface area contributed by atoms with E-state index in [1.165, 1.54) is 0 Å². The van der Waals surface area contributed by atoms with E-state index in [0.717, 1.165) is 42.9 Å². The van der Waals surface area contributed by atoms with E-state index in [1.54, 1.807) is 0 Å². The van der Waals surface area contributed by atoms with Gasteiger partial charge in [0, 0.05) is 12.6 Å². The number of nitrogen functional groups attached to an aromatic ring is 1. The van der Waals surface area contributed by atoms with Gasteiger partial charge in [0.15, 0.2) is 0 Å². The summed E-state index contributed by atoms with van der Waals surface area (Å²) in [6.07, 6.45) is 2.86. The van der Waals surface area contributed by atoms with Crippen LogP contribution in [-0.2, 0) is 6.42 Å². The Kier molecular flexibility index (Phi) is 3.61. The quantitative estimate of drug-likeness (QED) is 0.652. The van der Waals surface area contributed by atoms with Crippen molar-refractivity contribution in [2.24, 2.45) is 0 Å². The number of aryl methyl sites for hydroxylation is 1. The third kappa shape index (κ3) is 2.51. The molecule has 0 spiro atoms. The predicted octanol–water partition coefficient (Wildman–Crippen LogP) is 1.59. The maximum atomic E-state index is 9.49. The summed E-state index contributed by atoms with van der Waals surface area (Å²) in [4.78, 5) is 4.37. The van der Waals surface area contributed by atoms with Crippen LogP contribution in [0.5, 0.6) is 0 Å². The second kappa shape index (κ2) is 5.02. The molecule has 1 atom stereocenters. The van der Waals surface area contributed by atoms with Crippen molar-refractivity contribution in [2.75, 3.05) is 29.5 Å². The van der Waals surface area contributed by atoms with Gasteiger partial charge in [0.1, 0.15) is 5.82 Å². The number of hydrogen-bond acceptors (Lipinski definition) is 5. The number of fused-ring (bicyclic) bond motifs is 1. The molecule has 1 aromatic rings. The van der Waals surface area contributed by atoms with E-state index in [0.29, 0.717) is 5.82 Å². The second-order valence-electron chi connectivity index (χ2n) is 5.14. The largest absolute Gasteiger partial charge is 0.394 e. The van der Waals surface area contributed by atoms with Crippen LogP contribution in [0.4, 0.5) is 17.2 Å². The molecule has 5 N–H and O–H groups in total. The molecule has 0 saturated heterocycles. The minimum absolute atomic E-state index is 0.0838. The molecule has 5 heteroatoms. The van der Waals surface area contributed by atoms with Gasteiger partial charge in [-0.1, -0.05) is 6.92 Å². The zero-order valence-corrected chi connectivity index (χ0v) is 11.1. The molecule has 1 aliphatic heterocycles. The number of aliphatic hydroxyl groups is 1. The Morgan fingerprint density at radius 1 is 1.61 bits per heavy atom. The molecule has 2 heterocycles. The number of nitrogens with one attached hydrogen (secondary N) is 2. The van der Waals surface area contributed by atoms with Crippen LogP contribution in [-0.4, -0.2) is 28.8 Å². The highest BCUT2D eigenvalue weighted by Gasteiger charge is 2.24. The highest BCUT2D eigenvalue weighted by Crippen LogP contribution is 2.33. The number of hydrogen-bond donors (Lipinski definition) is 4. The molecule has 0 saturated carbocycles. The molecule has 1 aromatic heterocycles. The third-order valence-corrected chi connectivity index (χ3v) is 3.57. The second-order valence-corrected chi connectivity index (χ2v) is 5.14. The van der Waals surface area contributed by atoms with Crippen molar-refractivity contribution in [3.63, 3.8) is 0 Å². The molecule has 0 unspecified atom stereocenters. The van der Waals surface area contributed by atoms with Crippen molar-refractivity contribution in [2.45, 2.75) is 38.6 Å². The van der Waals surface area contributed by atoms with E-state index in [9.17, 15) is 5.11 Å². The third-order valence-electron chi connectivity index (χ3n) is 3.57. The summed E-state index contributed by atoms with van der Waals surface area (Å²) >= 11 is 0. The first-order valence-electron chi connectivity index (χ1n) is 6.50. The Hall–Kier alpha value is -1.49. The van der Waals surface area contributed by atoms with Gasteiger partial charge >= 0.3 is 0 Å². The fourth-order valence-corrected chi connectivity index (χ4v) is 2.13. The average molecular weight is 250 g/mol. The fraction of sp³-hybridized carbons (Fsp3) is 0.615. The molecule has 18 heavy (non-hydrogen) atoms. The first-order valence-corrected chi connectivity index (χ1v) is 6.50.